The van der Waals surface area contributed by atoms with E-state index in [1.165, 1.54) is 29.7 Å². The second-order valence-corrected chi connectivity index (χ2v) is 6.48. The first-order valence-electron chi connectivity index (χ1n) is 7.65. The topological polar surface area (TPSA) is 38.1 Å². The van der Waals surface area contributed by atoms with Crippen LogP contribution in [0.4, 0.5) is 5.69 Å². The summed E-state index contributed by atoms with van der Waals surface area (Å²) in [7, 11) is 0. The zero-order chi connectivity index (χ0) is 14.5. The summed E-state index contributed by atoms with van der Waals surface area (Å²) in [4.78, 5) is 0. The fraction of sp³-hybridized carbons (Fsp3) is 0.471. The molecule has 1 aliphatic rings. The number of anilines is 1. The van der Waals surface area contributed by atoms with Gasteiger partial charge in [-0.3, -0.25) is 0 Å². The quantitative estimate of drug-likeness (QED) is 0.873. The average molecular weight is 302 g/mol. The summed E-state index contributed by atoms with van der Waals surface area (Å²) in [6, 6.07) is 8.56. The van der Waals surface area contributed by atoms with Crippen LogP contribution in [-0.2, 0) is 25.8 Å². The van der Waals surface area contributed by atoms with Gasteiger partial charge in [-0.2, -0.15) is 11.8 Å². The molecule has 0 radical (unpaired) electrons. The lowest BCUT2D eigenvalue weighted by Crippen LogP contribution is -2.07. The predicted molar refractivity (Wildman–Crippen MR) is 89.0 cm³/mol. The lowest BCUT2D eigenvalue weighted by Gasteiger charge is -2.12. The second kappa shape index (κ2) is 7.03. The molecule has 0 amide bonds. The van der Waals surface area contributed by atoms with Gasteiger partial charge < -0.3 is 9.84 Å². The Kier molecular flexibility index (Phi) is 4.86. The van der Waals surface area contributed by atoms with Gasteiger partial charge in [0.2, 0.25) is 0 Å². The number of thioether (sulfide) groups is 1. The van der Waals surface area contributed by atoms with Crippen molar-refractivity contribution >= 4 is 17.4 Å². The van der Waals surface area contributed by atoms with Crippen molar-refractivity contribution in [3.63, 3.8) is 0 Å². The third kappa shape index (κ3) is 3.43. The van der Waals surface area contributed by atoms with Gasteiger partial charge in [0.25, 0.3) is 0 Å². The van der Waals surface area contributed by atoms with Crippen molar-refractivity contribution in [1.82, 2.24) is 5.16 Å². The molecule has 3 nitrogen and oxygen atoms in total. The first-order valence-corrected chi connectivity index (χ1v) is 9.05. The number of hydrogen-bond acceptors (Lipinski definition) is 4. The largest absolute Gasteiger partial charge is 0.379 e. The molecule has 2 aromatic rings. The van der Waals surface area contributed by atoms with Gasteiger partial charge in [-0.05, 0) is 49.3 Å². The van der Waals surface area contributed by atoms with E-state index in [4.69, 9.17) is 4.52 Å². The maximum atomic E-state index is 5.48. The average Bonchev–Trinajstić information content (AvgIpc) is 2.95. The molecule has 0 atom stereocenters. The zero-order valence-electron chi connectivity index (χ0n) is 12.5. The molecule has 0 spiro atoms. The van der Waals surface area contributed by atoms with E-state index in [9.17, 15) is 0 Å². The molecular weight excluding hydrogens is 280 g/mol. The molecule has 3 rings (SSSR count). The van der Waals surface area contributed by atoms with Crippen LogP contribution >= 0.6 is 11.8 Å². The van der Waals surface area contributed by atoms with E-state index >= 15 is 0 Å². The lowest BCUT2D eigenvalue weighted by molar-refractivity contribution is 0.368. The van der Waals surface area contributed by atoms with E-state index in [1.807, 2.05) is 11.8 Å². The van der Waals surface area contributed by atoms with E-state index in [-0.39, 0.29) is 0 Å². The number of benzene rings is 1. The number of fused-ring (bicyclic) bond motifs is 1. The molecule has 1 aromatic carbocycles. The van der Waals surface area contributed by atoms with Crippen molar-refractivity contribution in [2.75, 3.05) is 17.3 Å². The fourth-order valence-electron chi connectivity index (χ4n) is 2.89. The van der Waals surface area contributed by atoms with Crippen LogP contribution in [0.5, 0.6) is 0 Å². The van der Waals surface area contributed by atoms with Crippen LogP contribution in [0, 0.1) is 0 Å². The molecule has 21 heavy (non-hydrogen) atoms. The Morgan fingerprint density at radius 3 is 3.00 bits per heavy atom. The van der Waals surface area contributed by atoms with Crippen molar-refractivity contribution in [3.05, 3.63) is 46.8 Å². The Morgan fingerprint density at radius 2 is 2.10 bits per heavy atom. The maximum Gasteiger partial charge on any atom is 0.140 e. The third-order valence-corrected chi connectivity index (χ3v) is 4.68. The number of aromatic nitrogens is 1. The molecule has 1 aromatic heterocycles. The monoisotopic (exact) mass is 302 g/mol. The molecule has 112 valence electrons. The highest BCUT2D eigenvalue weighted by Crippen LogP contribution is 2.25. The van der Waals surface area contributed by atoms with Crippen molar-refractivity contribution in [3.8, 4) is 0 Å². The second-order valence-electron chi connectivity index (χ2n) is 5.49. The summed E-state index contributed by atoms with van der Waals surface area (Å²) >= 11 is 1.88. The minimum Gasteiger partial charge on any atom is -0.379 e. The van der Waals surface area contributed by atoms with Gasteiger partial charge in [0.15, 0.2) is 0 Å². The van der Waals surface area contributed by atoms with Crippen molar-refractivity contribution in [1.29, 1.82) is 0 Å². The highest BCUT2D eigenvalue weighted by Gasteiger charge is 2.19. The molecule has 0 unspecified atom stereocenters. The fourth-order valence-corrected chi connectivity index (χ4v) is 3.31. The molecule has 0 saturated carbocycles. The van der Waals surface area contributed by atoms with Crippen molar-refractivity contribution in [2.24, 2.45) is 0 Å². The minimum absolute atomic E-state index is 0.759. The Balaban J connectivity index is 1.69. The van der Waals surface area contributed by atoms with Gasteiger partial charge in [-0.25, -0.2) is 0 Å². The van der Waals surface area contributed by atoms with E-state index in [0.29, 0.717) is 0 Å². The molecule has 0 aliphatic heterocycles. The standard InChI is InChI=1S/C17H22N2OS/c1-21-11-10-13-6-2-4-8-15(13)18-12-16-14-7-3-5-9-17(14)20-19-16/h2,4,6,8,18H,3,5,7,9-12H2,1H3. The molecule has 1 heterocycles. The SMILES string of the molecule is CSCCc1ccccc1NCc1noc2c1CCCC2. The maximum absolute atomic E-state index is 5.48. The molecular formula is C17H22N2OS. The van der Waals surface area contributed by atoms with Crippen molar-refractivity contribution in [2.45, 2.75) is 38.6 Å². The Labute approximate surface area is 130 Å². The first kappa shape index (κ1) is 14.5. The molecule has 0 saturated heterocycles. The van der Waals surface area contributed by atoms with Gasteiger partial charge >= 0.3 is 0 Å². The Morgan fingerprint density at radius 1 is 1.24 bits per heavy atom. The summed E-state index contributed by atoms with van der Waals surface area (Å²) in [5, 5.41) is 7.81. The van der Waals surface area contributed by atoms with E-state index in [2.05, 4.69) is 41.0 Å². The summed E-state index contributed by atoms with van der Waals surface area (Å²) in [6.07, 6.45) is 7.90. The van der Waals surface area contributed by atoms with E-state index in [0.717, 1.165) is 43.0 Å². The van der Waals surface area contributed by atoms with E-state index < -0.39 is 0 Å². The molecule has 4 heteroatoms. The van der Waals surface area contributed by atoms with Crippen LogP contribution in [-0.4, -0.2) is 17.2 Å². The van der Waals surface area contributed by atoms with Crippen LogP contribution in [0.3, 0.4) is 0 Å². The molecule has 1 N–H and O–H groups in total. The molecule has 1 aliphatic carbocycles. The highest BCUT2D eigenvalue weighted by atomic mass is 32.2. The van der Waals surface area contributed by atoms with Crippen LogP contribution in [0.1, 0.15) is 35.4 Å². The van der Waals surface area contributed by atoms with E-state index in [1.54, 1.807) is 0 Å². The number of nitrogens with one attached hydrogen (secondary N) is 1. The number of aryl methyl sites for hydroxylation is 2. The third-order valence-electron chi connectivity index (χ3n) is 4.07. The Bertz CT molecular complexity index is 594. The summed E-state index contributed by atoms with van der Waals surface area (Å²) < 4.78 is 5.48. The van der Waals surface area contributed by atoms with Gasteiger partial charge in [0, 0.05) is 17.7 Å². The zero-order valence-corrected chi connectivity index (χ0v) is 13.3. The normalized spacial score (nSPS) is 14.0. The Hall–Kier alpha value is -1.42. The van der Waals surface area contributed by atoms with Crippen LogP contribution in [0.25, 0.3) is 0 Å². The predicted octanol–water partition coefficient (Wildman–Crippen LogP) is 4.07. The number of hydrogen-bond donors (Lipinski definition) is 1. The van der Waals surface area contributed by atoms with Gasteiger partial charge in [0.1, 0.15) is 11.5 Å². The number of para-hydroxylation sites is 1. The highest BCUT2D eigenvalue weighted by molar-refractivity contribution is 7.98. The number of nitrogens with zero attached hydrogens (tertiary/aromatic N) is 1. The lowest BCUT2D eigenvalue weighted by atomic mass is 9.96. The first-order chi connectivity index (χ1) is 10.4. The van der Waals surface area contributed by atoms with Gasteiger partial charge in [0.05, 0.1) is 6.54 Å². The summed E-state index contributed by atoms with van der Waals surface area (Å²) in [6.45, 7) is 0.759. The smallest absolute Gasteiger partial charge is 0.140 e. The molecule has 0 fully saturated rings. The number of rotatable bonds is 6. The van der Waals surface area contributed by atoms with Crippen LogP contribution in [0.2, 0.25) is 0 Å². The summed E-state index contributed by atoms with van der Waals surface area (Å²) in [5.74, 6) is 2.26. The van der Waals surface area contributed by atoms with Crippen LogP contribution < -0.4 is 5.32 Å². The summed E-state index contributed by atoms with van der Waals surface area (Å²) in [5.41, 5.74) is 5.03. The minimum atomic E-state index is 0.759. The molecule has 0 bridgehead atoms. The van der Waals surface area contributed by atoms with Gasteiger partial charge in [-0.1, -0.05) is 23.4 Å². The van der Waals surface area contributed by atoms with Crippen molar-refractivity contribution < 1.29 is 4.52 Å². The van der Waals surface area contributed by atoms with Crippen LogP contribution in [0.15, 0.2) is 28.8 Å². The van der Waals surface area contributed by atoms with Gasteiger partial charge in [-0.15, -0.1) is 0 Å².